The van der Waals surface area contributed by atoms with Gasteiger partial charge in [-0.05, 0) is 48.5 Å². The number of hydrogen-bond acceptors (Lipinski definition) is 4. The average Bonchev–Trinajstić information content (AvgIpc) is 3.12. The maximum Gasteiger partial charge on any atom is 0.232 e. The summed E-state index contributed by atoms with van der Waals surface area (Å²) in [5.74, 6) is 1.51. The summed E-state index contributed by atoms with van der Waals surface area (Å²) in [5.41, 5.74) is 1.75. The second-order valence-corrected chi connectivity index (χ2v) is 6.08. The minimum absolute atomic E-state index is 0.0156. The van der Waals surface area contributed by atoms with Crippen LogP contribution >= 0.6 is 11.6 Å². The van der Waals surface area contributed by atoms with Crippen molar-refractivity contribution in [2.24, 2.45) is 5.10 Å². The van der Waals surface area contributed by atoms with Gasteiger partial charge in [-0.2, -0.15) is 5.10 Å². The number of ether oxygens (including phenoxy) is 1. The van der Waals surface area contributed by atoms with Gasteiger partial charge in [0, 0.05) is 24.4 Å². The first-order valence-electron chi connectivity index (χ1n) is 8.20. The van der Waals surface area contributed by atoms with E-state index in [9.17, 15) is 4.79 Å². The standard InChI is InChI=1S/C19H20ClN3O2/c1-3-19(24)23(16-8-10-17(25-2)11-9-16)18-12-13-22(21-18)15-6-4-14(20)5-7-15/h4-11H,3,12-13H2,1-2H3. The van der Waals surface area contributed by atoms with Gasteiger partial charge in [0.05, 0.1) is 18.5 Å². The van der Waals surface area contributed by atoms with Crippen molar-refractivity contribution in [2.45, 2.75) is 19.8 Å². The summed E-state index contributed by atoms with van der Waals surface area (Å²) in [5, 5.41) is 7.24. The predicted octanol–water partition coefficient (Wildman–Crippen LogP) is 4.32. The number of anilines is 2. The third-order valence-corrected chi connectivity index (χ3v) is 4.30. The summed E-state index contributed by atoms with van der Waals surface area (Å²) in [4.78, 5) is 14.2. The molecule has 25 heavy (non-hydrogen) atoms. The molecule has 0 saturated heterocycles. The van der Waals surface area contributed by atoms with E-state index in [1.54, 1.807) is 12.0 Å². The Bertz CT molecular complexity index is 772. The predicted molar refractivity (Wildman–Crippen MR) is 102 cm³/mol. The smallest absolute Gasteiger partial charge is 0.232 e. The number of carbonyl (C=O) groups is 1. The Labute approximate surface area is 152 Å². The third kappa shape index (κ3) is 3.77. The van der Waals surface area contributed by atoms with Crippen LogP contribution in [-0.4, -0.2) is 25.4 Å². The van der Waals surface area contributed by atoms with E-state index in [-0.39, 0.29) is 5.91 Å². The van der Waals surface area contributed by atoms with Gasteiger partial charge in [0.25, 0.3) is 0 Å². The van der Waals surface area contributed by atoms with Gasteiger partial charge in [-0.15, -0.1) is 0 Å². The molecule has 3 rings (SSSR count). The number of hydrazone groups is 1. The van der Waals surface area contributed by atoms with Crippen molar-refractivity contribution in [2.75, 3.05) is 23.6 Å². The summed E-state index contributed by atoms with van der Waals surface area (Å²) in [6, 6.07) is 15.0. The quantitative estimate of drug-likeness (QED) is 0.818. The van der Waals surface area contributed by atoms with E-state index in [0.29, 0.717) is 17.9 Å². The van der Waals surface area contributed by atoms with Crippen molar-refractivity contribution in [1.82, 2.24) is 0 Å². The number of amidine groups is 1. The highest BCUT2D eigenvalue weighted by Gasteiger charge is 2.26. The van der Waals surface area contributed by atoms with Gasteiger partial charge in [0.15, 0.2) is 0 Å². The normalized spacial score (nSPS) is 13.6. The molecule has 1 amide bonds. The maximum absolute atomic E-state index is 12.5. The second-order valence-electron chi connectivity index (χ2n) is 5.65. The Morgan fingerprint density at radius 2 is 1.88 bits per heavy atom. The second kappa shape index (κ2) is 7.57. The molecule has 1 aliphatic heterocycles. The van der Waals surface area contributed by atoms with E-state index in [0.717, 1.165) is 29.5 Å². The molecule has 0 aromatic heterocycles. The van der Waals surface area contributed by atoms with Crippen molar-refractivity contribution in [3.8, 4) is 5.75 Å². The molecule has 2 aromatic rings. The van der Waals surface area contributed by atoms with Crippen LogP contribution in [0.2, 0.25) is 5.02 Å². The van der Waals surface area contributed by atoms with Crippen LogP contribution in [0.1, 0.15) is 19.8 Å². The molecule has 6 heteroatoms. The van der Waals surface area contributed by atoms with E-state index >= 15 is 0 Å². The number of amides is 1. The molecule has 0 saturated carbocycles. The molecule has 0 spiro atoms. The van der Waals surface area contributed by atoms with Crippen LogP contribution in [0, 0.1) is 0 Å². The molecule has 0 unspecified atom stereocenters. The number of hydrogen-bond donors (Lipinski definition) is 0. The molecule has 130 valence electrons. The van der Waals surface area contributed by atoms with Gasteiger partial charge < -0.3 is 4.74 Å². The van der Waals surface area contributed by atoms with Crippen molar-refractivity contribution < 1.29 is 9.53 Å². The molecule has 0 fully saturated rings. The Balaban J connectivity index is 1.89. The number of methoxy groups -OCH3 is 1. The molecule has 1 aliphatic rings. The van der Waals surface area contributed by atoms with Gasteiger partial charge >= 0.3 is 0 Å². The summed E-state index contributed by atoms with van der Waals surface area (Å²) in [6.45, 7) is 2.58. The average molecular weight is 358 g/mol. The van der Waals surface area contributed by atoms with Crippen molar-refractivity contribution in [3.63, 3.8) is 0 Å². The van der Waals surface area contributed by atoms with Crippen LogP contribution in [-0.2, 0) is 4.79 Å². The highest BCUT2D eigenvalue weighted by molar-refractivity contribution is 6.30. The summed E-state index contributed by atoms with van der Waals surface area (Å²) < 4.78 is 5.19. The van der Waals surface area contributed by atoms with Crippen LogP contribution in [0.4, 0.5) is 11.4 Å². The molecule has 0 atom stereocenters. The fourth-order valence-electron chi connectivity index (χ4n) is 2.73. The molecular weight excluding hydrogens is 338 g/mol. The van der Waals surface area contributed by atoms with E-state index < -0.39 is 0 Å². The Morgan fingerprint density at radius 1 is 1.20 bits per heavy atom. The first-order valence-corrected chi connectivity index (χ1v) is 8.57. The Hall–Kier alpha value is -2.53. The fourth-order valence-corrected chi connectivity index (χ4v) is 2.85. The van der Waals surface area contributed by atoms with Crippen molar-refractivity contribution in [1.29, 1.82) is 0 Å². The van der Waals surface area contributed by atoms with Crippen LogP contribution in [0.3, 0.4) is 0 Å². The lowest BCUT2D eigenvalue weighted by Gasteiger charge is -2.22. The molecule has 1 heterocycles. The largest absolute Gasteiger partial charge is 0.497 e. The van der Waals surface area contributed by atoms with Gasteiger partial charge in [-0.3, -0.25) is 14.7 Å². The Morgan fingerprint density at radius 3 is 2.48 bits per heavy atom. The van der Waals surface area contributed by atoms with Gasteiger partial charge in [0.2, 0.25) is 5.91 Å². The lowest BCUT2D eigenvalue weighted by molar-refractivity contribution is -0.117. The van der Waals surface area contributed by atoms with E-state index in [1.807, 2.05) is 60.5 Å². The number of benzene rings is 2. The van der Waals surface area contributed by atoms with E-state index in [4.69, 9.17) is 16.3 Å². The zero-order valence-electron chi connectivity index (χ0n) is 14.3. The van der Waals surface area contributed by atoms with Crippen LogP contribution in [0.15, 0.2) is 53.6 Å². The molecule has 0 N–H and O–H groups in total. The van der Waals surface area contributed by atoms with Gasteiger partial charge in [0.1, 0.15) is 11.6 Å². The zero-order valence-corrected chi connectivity index (χ0v) is 15.0. The monoisotopic (exact) mass is 357 g/mol. The topological polar surface area (TPSA) is 45.1 Å². The molecule has 0 bridgehead atoms. The minimum atomic E-state index is 0.0156. The fraction of sp³-hybridized carbons (Fsp3) is 0.263. The molecule has 0 radical (unpaired) electrons. The van der Waals surface area contributed by atoms with Crippen LogP contribution in [0.5, 0.6) is 5.75 Å². The number of rotatable bonds is 4. The summed E-state index contributed by atoms with van der Waals surface area (Å²) in [6.07, 6.45) is 1.10. The first-order chi connectivity index (χ1) is 12.1. The highest BCUT2D eigenvalue weighted by atomic mass is 35.5. The summed E-state index contributed by atoms with van der Waals surface area (Å²) >= 11 is 5.95. The first kappa shape index (κ1) is 17.3. The van der Waals surface area contributed by atoms with E-state index in [2.05, 4.69) is 5.10 Å². The lowest BCUT2D eigenvalue weighted by Crippen LogP contribution is -2.35. The Kier molecular flexibility index (Phi) is 5.24. The lowest BCUT2D eigenvalue weighted by atomic mass is 10.2. The third-order valence-electron chi connectivity index (χ3n) is 4.05. The zero-order chi connectivity index (χ0) is 17.8. The molecule has 5 nitrogen and oxygen atoms in total. The molecule has 2 aromatic carbocycles. The van der Waals surface area contributed by atoms with Gasteiger partial charge in [-0.25, -0.2) is 0 Å². The SMILES string of the molecule is CCC(=O)N(C1=NN(c2ccc(Cl)cc2)CC1)c1ccc(OC)cc1. The maximum atomic E-state index is 12.5. The highest BCUT2D eigenvalue weighted by Crippen LogP contribution is 2.26. The molecular formula is C19H20ClN3O2. The molecule has 0 aliphatic carbocycles. The summed E-state index contributed by atoms with van der Waals surface area (Å²) in [7, 11) is 1.62. The number of halogens is 1. The van der Waals surface area contributed by atoms with Gasteiger partial charge in [-0.1, -0.05) is 18.5 Å². The number of nitrogens with zero attached hydrogens (tertiary/aromatic N) is 3. The van der Waals surface area contributed by atoms with Crippen molar-refractivity contribution in [3.05, 3.63) is 53.6 Å². The van der Waals surface area contributed by atoms with Crippen LogP contribution in [0.25, 0.3) is 0 Å². The number of carbonyl (C=O) groups excluding carboxylic acids is 1. The van der Waals surface area contributed by atoms with Crippen molar-refractivity contribution >= 4 is 34.7 Å². The van der Waals surface area contributed by atoms with E-state index in [1.165, 1.54) is 0 Å². The van der Waals surface area contributed by atoms with Crippen LogP contribution < -0.4 is 14.6 Å². The minimum Gasteiger partial charge on any atom is -0.497 e.